The van der Waals surface area contributed by atoms with Crippen LogP contribution in [0.4, 0.5) is 0 Å². The van der Waals surface area contributed by atoms with Crippen molar-refractivity contribution in [2.24, 2.45) is 0 Å². The van der Waals surface area contributed by atoms with Crippen LogP contribution in [-0.2, 0) is 0 Å². The molecule has 0 saturated heterocycles. The Morgan fingerprint density at radius 1 is 0.933 bits per heavy atom. The van der Waals surface area contributed by atoms with Crippen molar-refractivity contribution in [3.63, 3.8) is 0 Å². The second kappa shape index (κ2) is 3.41. The Morgan fingerprint density at radius 2 is 1.73 bits per heavy atom. The first-order chi connectivity index (χ1) is 7.36. The number of hydrogen-bond donors (Lipinski definition) is 0. The van der Waals surface area contributed by atoms with Gasteiger partial charge in [-0.1, -0.05) is 18.2 Å². The van der Waals surface area contributed by atoms with Crippen LogP contribution < -0.4 is 0 Å². The maximum Gasteiger partial charge on any atom is 0.111 e. The number of fused-ring (bicyclic) bond motifs is 3. The number of rotatable bonds is 0. The lowest BCUT2D eigenvalue weighted by Gasteiger charge is -2.03. The zero-order valence-electron chi connectivity index (χ0n) is 7.81. The summed E-state index contributed by atoms with van der Waals surface area (Å²) in [4.78, 5) is 8.98. The van der Waals surface area contributed by atoms with E-state index in [0.717, 1.165) is 25.5 Å². The van der Waals surface area contributed by atoms with Crippen molar-refractivity contribution in [2.75, 3.05) is 0 Å². The molecule has 0 bridgehead atoms. The lowest BCUT2D eigenvalue weighted by Crippen LogP contribution is -1.88. The van der Waals surface area contributed by atoms with Gasteiger partial charge in [0.25, 0.3) is 0 Å². The van der Waals surface area contributed by atoms with E-state index in [2.05, 4.69) is 44.7 Å². The molecule has 2 aromatic heterocycles. The smallest absolute Gasteiger partial charge is 0.111 e. The molecular formula is C12H7IN2. The van der Waals surface area contributed by atoms with Gasteiger partial charge in [0.1, 0.15) is 3.70 Å². The molecule has 3 aromatic rings. The molecular weight excluding hydrogens is 299 g/mol. The molecule has 0 saturated carbocycles. The molecule has 0 aliphatic heterocycles. The fourth-order valence-corrected chi connectivity index (χ4v) is 2.42. The van der Waals surface area contributed by atoms with Crippen LogP contribution in [0.25, 0.3) is 21.8 Å². The SMILES string of the molecule is Ic1nc2ccccc2c2ncccc12. The van der Waals surface area contributed by atoms with Crippen LogP contribution in [0.2, 0.25) is 0 Å². The van der Waals surface area contributed by atoms with E-state index in [-0.39, 0.29) is 0 Å². The fourth-order valence-electron chi connectivity index (χ4n) is 1.72. The molecule has 0 aliphatic carbocycles. The molecule has 15 heavy (non-hydrogen) atoms. The topological polar surface area (TPSA) is 25.8 Å². The van der Waals surface area contributed by atoms with Crippen molar-refractivity contribution in [2.45, 2.75) is 0 Å². The summed E-state index contributed by atoms with van der Waals surface area (Å²) in [5, 5.41) is 2.24. The standard InChI is InChI=1S/C12H7IN2/c13-12-9-5-3-7-14-11(9)8-4-1-2-6-10(8)15-12/h1-7H. The second-order valence-electron chi connectivity index (χ2n) is 3.32. The summed E-state index contributed by atoms with van der Waals surface area (Å²) in [6.07, 6.45) is 1.82. The maximum atomic E-state index is 4.55. The summed E-state index contributed by atoms with van der Waals surface area (Å²) in [7, 11) is 0. The molecule has 0 fully saturated rings. The third kappa shape index (κ3) is 1.38. The van der Waals surface area contributed by atoms with Crippen LogP contribution in [0.3, 0.4) is 0 Å². The monoisotopic (exact) mass is 306 g/mol. The molecule has 0 amide bonds. The minimum absolute atomic E-state index is 1.01. The number of benzene rings is 1. The predicted molar refractivity (Wildman–Crippen MR) is 69.8 cm³/mol. The van der Waals surface area contributed by atoms with Gasteiger partial charge in [-0.15, -0.1) is 0 Å². The Labute approximate surface area is 100 Å². The summed E-state index contributed by atoms with van der Waals surface area (Å²) in [5.41, 5.74) is 2.04. The van der Waals surface area contributed by atoms with Gasteiger partial charge in [0.05, 0.1) is 11.0 Å². The molecule has 0 aliphatic rings. The van der Waals surface area contributed by atoms with Crippen molar-refractivity contribution in [3.8, 4) is 0 Å². The van der Waals surface area contributed by atoms with Crippen LogP contribution in [0, 0.1) is 3.70 Å². The van der Waals surface area contributed by atoms with E-state index in [4.69, 9.17) is 0 Å². The van der Waals surface area contributed by atoms with Gasteiger partial charge in [-0.05, 0) is 40.8 Å². The lowest BCUT2D eigenvalue weighted by molar-refractivity contribution is 1.35. The zero-order valence-corrected chi connectivity index (χ0v) is 9.97. The van der Waals surface area contributed by atoms with Crippen molar-refractivity contribution in [3.05, 3.63) is 46.3 Å². The van der Waals surface area contributed by atoms with Gasteiger partial charge in [0.2, 0.25) is 0 Å². The number of aromatic nitrogens is 2. The first-order valence-electron chi connectivity index (χ1n) is 4.65. The van der Waals surface area contributed by atoms with Gasteiger partial charge in [0, 0.05) is 17.0 Å². The lowest BCUT2D eigenvalue weighted by atomic mass is 10.1. The first-order valence-corrected chi connectivity index (χ1v) is 5.73. The molecule has 3 rings (SSSR count). The van der Waals surface area contributed by atoms with E-state index in [1.165, 1.54) is 0 Å². The summed E-state index contributed by atoms with van der Waals surface area (Å²) in [6, 6.07) is 12.1. The molecule has 0 radical (unpaired) electrons. The molecule has 72 valence electrons. The van der Waals surface area contributed by atoms with Crippen LogP contribution in [0.5, 0.6) is 0 Å². The zero-order chi connectivity index (χ0) is 10.3. The van der Waals surface area contributed by atoms with E-state index in [1.807, 2.05) is 30.5 Å². The largest absolute Gasteiger partial charge is 0.255 e. The number of hydrogen-bond acceptors (Lipinski definition) is 2. The van der Waals surface area contributed by atoms with Crippen molar-refractivity contribution < 1.29 is 0 Å². The third-order valence-corrected chi connectivity index (χ3v) is 3.23. The maximum absolute atomic E-state index is 4.55. The minimum Gasteiger partial charge on any atom is -0.255 e. The second-order valence-corrected chi connectivity index (χ2v) is 4.34. The van der Waals surface area contributed by atoms with Gasteiger partial charge in [-0.3, -0.25) is 4.98 Å². The Balaban J connectivity index is 2.64. The van der Waals surface area contributed by atoms with Crippen LogP contribution >= 0.6 is 22.6 Å². The number of para-hydroxylation sites is 1. The van der Waals surface area contributed by atoms with Crippen LogP contribution in [-0.4, -0.2) is 9.97 Å². The Hall–Kier alpha value is -1.23. The normalized spacial score (nSPS) is 11.0. The van der Waals surface area contributed by atoms with Gasteiger partial charge in [0.15, 0.2) is 0 Å². The Kier molecular flexibility index (Phi) is 2.05. The Bertz CT molecular complexity index is 649. The highest BCUT2D eigenvalue weighted by atomic mass is 127. The van der Waals surface area contributed by atoms with Gasteiger partial charge in [-0.2, -0.15) is 0 Å². The number of nitrogens with zero attached hydrogens (tertiary/aromatic N) is 2. The molecule has 0 N–H and O–H groups in total. The van der Waals surface area contributed by atoms with Gasteiger partial charge < -0.3 is 0 Å². The highest BCUT2D eigenvalue weighted by molar-refractivity contribution is 14.1. The van der Waals surface area contributed by atoms with Gasteiger partial charge >= 0.3 is 0 Å². The first kappa shape index (κ1) is 9.03. The summed E-state index contributed by atoms with van der Waals surface area (Å²) in [6.45, 7) is 0. The molecule has 2 heterocycles. The number of halogens is 1. The average Bonchev–Trinajstić information content (AvgIpc) is 2.30. The van der Waals surface area contributed by atoms with E-state index in [1.54, 1.807) is 0 Å². The molecule has 3 heteroatoms. The quantitative estimate of drug-likeness (QED) is 0.361. The Morgan fingerprint density at radius 3 is 2.67 bits per heavy atom. The van der Waals surface area contributed by atoms with Crippen LogP contribution in [0.1, 0.15) is 0 Å². The third-order valence-electron chi connectivity index (χ3n) is 2.41. The molecule has 0 spiro atoms. The van der Waals surface area contributed by atoms with Crippen molar-refractivity contribution in [1.29, 1.82) is 0 Å². The molecule has 0 atom stereocenters. The molecule has 2 nitrogen and oxygen atoms in total. The molecule has 1 aromatic carbocycles. The van der Waals surface area contributed by atoms with Crippen LogP contribution in [0.15, 0.2) is 42.6 Å². The minimum atomic E-state index is 1.01. The highest BCUT2D eigenvalue weighted by Gasteiger charge is 2.05. The van der Waals surface area contributed by atoms with E-state index >= 15 is 0 Å². The fraction of sp³-hybridized carbons (Fsp3) is 0. The van der Waals surface area contributed by atoms with E-state index in [9.17, 15) is 0 Å². The highest BCUT2D eigenvalue weighted by Crippen LogP contribution is 2.24. The summed E-state index contributed by atoms with van der Waals surface area (Å²) >= 11 is 2.26. The average molecular weight is 306 g/mol. The van der Waals surface area contributed by atoms with Crippen molar-refractivity contribution in [1.82, 2.24) is 9.97 Å². The molecule has 0 unspecified atom stereocenters. The summed E-state index contributed by atoms with van der Waals surface area (Å²) < 4.78 is 1.01. The van der Waals surface area contributed by atoms with E-state index in [0.29, 0.717) is 0 Å². The van der Waals surface area contributed by atoms with Gasteiger partial charge in [-0.25, -0.2) is 4.98 Å². The summed E-state index contributed by atoms with van der Waals surface area (Å²) in [5.74, 6) is 0. The predicted octanol–water partition coefficient (Wildman–Crippen LogP) is 3.39. The number of pyridine rings is 2. The van der Waals surface area contributed by atoms with E-state index < -0.39 is 0 Å². The van der Waals surface area contributed by atoms with Crippen molar-refractivity contribution >= 4 is 44.4 Å².